The van der Waals surface area contributed by atoms with Gasteiger partial charge in [0.2, 0.25) is 5.89 Å². The lowest BCUT2D eigenvalue weighted by Crippen LogP contribution is -1.77. The van der Waals surface area contributed by atoms with Crippen LogP contribution >= 0.6 is 11.3 Å². The summed E-state index contributed by atoms with van der Waals surface area (Å²) >= 11 is 1.61. The molecular weight excluding hydrogens is 246 g/mol. The Morgan fingerprint density at radius 3 is 3.06 bits per heavy atom. The lowest BCUT2D eigenvalue weighted by atomic mass is 10.2. The fourth-order valence-electron chi connectivity index (χ4n) is 1.88. The van der Waals surface area contributed by atoms with Crippen LogP contribution in [0, 0.1) is 0 Å². The molecule has 4 nitrogen and oxygen atoms in total. The molecule has 0 saturated carbocycles. The molecule has 86 valence electrons. The zero-order chi connectivity index (χ0) is 11.9. The highest BCUT2D eigenvalue weighted by Crippen LogP contribution is 2.27. The predicted molar refractivity (Wildman–Crippen MR) is 70.4 cm³/mol. The Kier molecular flexibility index (Phi) is 1.95. The first-order chi connectivity index (χ1) is 8.90. The van der Waals surface area contributed by atoms with E-state index in [2.05, 4.69) is 15.0 Å². The normalized spacial score (nSPS) is 11.3. The second-order valence-electron chi connectivity index (χ2n) is 3.88. The van der Waals surface area contributed by atoms with Crippen LogP contribution in [0.15, 0.2) is 46.5 Å². The van der Waals surface area contributed by atoms with E-state index < -0.39 is 0 Å². The third-order valence-corrected chi connectivity index (χ3v) is 3.53. The molecule has 0 spiro atoms. The third-order valence-electron chi connectivity index (χ3n) is 2.74. The number of hydrogen-bond acceptors (Lipinski definition) is 5. The summed E-state index contributed by atoms with van der Waals surface area (Å²) < 4.78 is 6.82. The lowest BCUT2D eigenvalue weighted by Gasteiger charge is -1.94. The van der Waals surface area contributed by atoms with Gasteiger partial charge in [0.15, 0.2) is 11.2 Å². The van der Waals surface area contributed by atoms with E-state index in [0.29, 0.717) is 17.1 Å². The average Bonchev–Trinajstić information content (AvgIpc) is 3.04. The Balaban J connectivity index is 1.94. The lowest BCUT2D eigenvalue weighted by molar-refractivity contribution is 0.620. The third kappa shape index (κ3) is 1.41. The molecule has 18 heavy (non-hydrogen) atoms. The van der Waals surface area contributed by atoms with E-state index >= 15 is 0 Å². The summed E-state index contributed by atoms with van der Waals surface area (Å²) in [5, 5.41) is 0. The van der Waals surface area contributed by atoms with Crippen LogP contribution in [-0.4, -0.2) is 15.0 Å². The molecule has 0 bridgehead atoms. The van der Waals surface area contributed by atoms with Crippen molar-refractivity contribution in [3.05, 3.63) is 42.0 Å². The van der Waals surface area contributed by atoms with E-state index in [0.717, 1.165) is 15.8 Å². The van der Waals surface area contributed by atoms with Crippen LogP contribution < -0.4 is 0 Å². The van der Waals surface area contributed by atoms with Crippen molar-refractivity contribution in [2.75, 3.05) is 0 Å². The summed E-state index contributed by atoms with van der Waals surface area (Å²) in [5.41, 5.74) is 5.12. The molecule has 0 unspecified atom stereocenters. The number of rotatable bonds is 1. The maximum atomic E-state index is 5.69. The van der Waals surface area contributed by atoms with Crippen molar-refractivity contribution >= 4 is 32.8 Å². The SMILES string of the molecule is c1cnc2nc(-c3ccc4ncsc4c3)oc2c1. The Hall–Kier alpha value is -2.27. The first-order valence-corrected chi connectivity index (χ1v) is 6.33. The smallest absolute Gasteiger partial charge is 0.228 e. The first-order valence-electron chi connectivity index (χ1n) is 5.45. The van der Waals surface area contributed by atoms with Gasteiger partial charge < -0.3 is 4.42 Å². The Morgan fingerprint density at radius 1 is 1.11 bits per heavy atom. The van der Waals surface area contributed by atoms with Crippen LogP contribution in [0.3, 0.4) is 0 Å². The molecule has 0 aliphatic rings. The van der Waals surface area contributed by atoms with E-state index in [1.807, 2.05) is 35.8 Å². The average molecular weight is 253 g/mol. The van der Waals surface area contributed by atoms with Gasteiger partial charge in [-0.15, -0.1) is 11.3 Å². The van der Waals surface area contributed by atoms with Gasteiger partial charge in [0.1, 0.15) is 0 Å². The monoisotopic (exact) mass is 253 g/mol. The summed E-state index contributed by atoms with van der Waals surface area (Å²) in [6, 6.07) is 9.68. The minimum Gasteiger partial charge on any atom is -0.434 e. The summed E-state index contributed by atoms with van der Waals surface area (Å²) in [4.78, 5) is 12.8. The van der Waals surface area contributed by atoms with Crippen molar-refractivity contribution in [2.24, 2.45) is 0 Å². The highest BCUT2D eigenvalue weighted by Gasteiger charge is 2.09. The van der Waals surface area contributed by atoms with Gasteiger partial charge in [-0.25, -0.2) is 9.97 Å². The summed E-state index contributed by atoms with van der Waals surface area (Å²) in [7, 11) is 0. The second kappa shape index (κ2) is 3.61. The largest absolute Gasteiger partial charge is 0.434 e. The van der Waals surface area contributed by atoms with Gasteiger partial charge in [0.05, 0.1) is 15.7 Å². The van der Waals surface area contributed by atoms with Crippen molar-refractivity contribution in [3.63, 3.8) is 0 Å². The molecule has 0 aliphatic carbocycles. The first kappa shape index (κ1) is 9.73. The van der Waals surface area contributed by atoms with E-state index in [4.69, 9.17) is 4.42 Å². The Bertz CT molecular complexity index is 816. The summed E-state index contributed by atoms with van der Waals surface area (Å²) in [6.45, 7) is 0. The number of thiazole rings is 1. The predicted octanol–water partition coefficient (Wildman–Crippen LogP) is 3.50. The molecule has 1 aromatic carbocycles. The minimum atomic E-state index is 0.596. The van der Waals surface area contributed by atoms with Crippen molar-refractivity contribution < 1.29 is 4.42 Å². The number of pyridine rings is 1. The van der Waals surface area contributed by atoms with Crippen LogP contribution in [0.4, 0.5) is 0 Å². The zero-order valence-corrected chi connectivity index (χ0v) is 10.0. The molecule has 3 heterocycles. The summed E-state index contributed by atoms with van der Waals surface area (Å²) in [6.07, 6.45) is 1.71. The van der Waals surface area contributed by atoms with E-state index in [1.54, 1.807) is 17.5 Å². The quantitative estimate of drug-likeness (QED) is 0.521. The fourth-order valence-corrected chi connectivity index (χ4v) is 2.60. The Labute approximate surface area is 106 Å². The number of benzene rings is 1. The highest BCUT2D eigenvalue weighted by molar-refractivity contribution is 7.16. The van der Waals surface area contributed by atoms with Gasteiger partial charge in [-0.1, -0.05) is 0 Å². The van der Waals surface area contributed by atoms with Gasteiger partial charge in [-0.2, -0.15) is 4.98 Å². The van der Waals surface area contributed by atoms with Crippen LogP contribution in [0.5, 0.6) is 0 Å². The molecular formula is C13H7N3OS. The number of oxazole rings is 1. The molecule has 0 amide bonds. The molecule has 0 radical (unpaired) electrons. The number of aromatic nitrogens is 3. The topological polar surface area (TPSA) is 51.8 Å². The van der Waals surface area contributed by atoms with Gasteiger partial charge in [0.25, 0.3) is 0 Å². The van der Waals surface area contributed by atoms with E-state index in [-0.39, 0.29) is 0 Å². The maximum Gasteiger partial charge on any atom is 0.228 e. The van der Waals surface area contributed by atoms with E-state index in [1.165, 1.54) is 0 Å². The molecule has 0 N–H and O–H groups in total. The van der Waals surface area contributed by atoms with Crippen molar-refractivity contribution in [2.45, 2.75) is 0 Å². The van der Waals surface area contributed by atoms with Crippen molar-refractivity contribution in [1.82, 2.24) is 15.0 Å². The van der Waals surface area contributed by atoms with Crippen LogP contribution in [0.1, 0.15) is 0 Å². The molecule has 5 heteroatoms. The molecule has 0 aliphatic heterocycles. The van der Waals surface area contributed by atoms with E-state index in [9.17, 15) is 0 Å². The molecule has 4 rings (SSSR count). The van der Waals surface area contributed by atoms with Gasteiger partial charge in [0, 0.05) is 11.8 Å². The minimum absolute atomic E-state index is 0.596. The maximum absolute atomic E-state index is 5.69. The van der Waals surface area contributed by atoms with Crippen LogP contribution in [0.25, 0.3) is 32.9 Å². The second-order valence-corrected chi connectivity index (χ2v) is 4.77. The molecule has 3 aromatic heterocycles. The standard InChI is InChI=1S/C13H7N3OS/c1-2-10-12(14-5-1)16-13(17-10)8-3-4-9-11(6-8)18-7-15-9/h1-7H. The number of nitrogens with zero attached hydrogens (tertiary/aromatic N) is 3. The van der Waals surface area contributed by atoms with Crippen molar-refractivity contribution in [3.8, 4) is 11.5 Å². The Morgan fingerprint density at radius 2 is 2.11 bits per heavy atom. The highest BCUT2D eigenvalue weighted by atomic mass is 32.1. The zero-order valence-electron chi connectivity index (χ0n) is 9.20. The number of fused-ring (bicyclic) bond motifs is 2. The van der Waals surface area contributed by atoms with Gasteiger partial charge >= 0.3 is 0 Å². The van der Waals surface area contributed by atoms with Crippen LogP contribution in [0.2, 0.25) is 0 Å². The molecule has 4 aromatic rings. The summed E-state index contributed by atoms with van der Waals surface area (Å²) in [5.74, 6) is 0.596. The van der Waals surface area contributed by atoms with Crippen LogP contribution in [-0.2, 0) is 0 Å². The molecule has 0 atom stereocenters. The fraction of sp³-hybridized carbons (Fsp3) is 0. The van der Waals surface area contributed by atoms with Gasteiger partial charge in [-0.05, 0) is 30.3 Å². The number of hydrogen-bond donors (Lipinski definition) is 0. The molecule has 0 fully saturated rings. The molecule has 0 saturated heterocycles. The van der Waals surface area contributed by atoms with Gasteiger partial charge in [-0.3, -0.25) is 0 Å². The van der Waals surface area contributed by atoms with Crippen molar-refractivity contribution in [1.29, 1.82) is 0 Å².